The number of hydrogen-bond acceptors (Lipinski definition) is 3. The second kappa shape index (κ2) is 6.29. The lowest BCUT2D eigenvalue weighted by Gasteiger charge is -2.20. The van der Waals surface area contributed by atoms with Crippen molar-refractivity contribution in [3.63, 3.8) is 0 Å². The molecule has 2 rings (SSSR count). The standard InChI is InChI=1S/C18H26N2S/c1-12(2)16-15(11-19-18(4,5)6)21-17(20-16)14-9-7-13(3)8-10-14/h7-10,12,19H,11H2,1-6H3. The number of hydrogen-bond donors (Lipinski definition) is 1. The molecule has 0 spiro atoms. The number of aryl methyl sites for hydroxylation is 1. The molecule has 0 fully saturated rings. The van der Waals surface area contributed by atoms with Gasteiger partial charge in [0, 0.05) is 22.5 Å². The molecule has 114 valence electrons. The topological polar surface area (TPSA) is 24.9 Å². The van der Waals surface area contributed by atoms with E-state index in [1.165, 1.54) is 21.7 Å². The molecule has 0 amide bonds. The van der Waals surface area contributed by atoms with Gasteiger partial charge in [0.25, 0.3) is 0 Å². The lowest BCUT2D eigenvalue weighted by atomic mass is 10.1. The van der Waals surface area contributed by atoms with Gasteiger partial charge >= 0.3 is 0 Å². The Hall–Kier alpha value is -1.19. The van der Waals surface area contributed by atoms with Gasteiger partial charge in [0.05, 0.1) is 5.69 Å². The molecule has 0 bridgehead atoms. The highest BCUT2D eigenvalue weighted by atomic mass is 32.1. The number of aromatic nitrogens is 1. The highest BCUT2D eigenvalue weighted by molar-refractivity contribution is 7.15. The zero-order valence-corrected chi connectivity index (χ0v) is 14.8. The third kappa shape index (κ3) is 4.39. The van der Waals surface area contributed by atoms with Gasteiger partial charge in [0.15, 0.2) is 0 Å². The van der Waals surface area contributed by atoms with E-state index < -0.39 is 0 Å². The van der Waals surface area contributed by atoms with Gasteiger partial charge < -0.3 is 5.32 Å². The minimum atomic E-state index is 0.127. The van der Waals surface area contributed by atoms with Crippen LogP contribution in [-0.4, -0.2) is 10.5 Å². The molecule has 0 aliphatic heterocycles. The van der Waals surface area contributed by atoms with Crippen molar-refractivity contribution in [3.05, 3.63) is 40.4 Å². The first kappa shape index (κ1) is 16.2. The van der Waals surface area contributed by atoms with Gasteiger partial charge in [0.1, 0.15) is 5.01 Å². The Morgan fingerprint density at radius 3 is 2.29 bits per heavy atom. The smallest absolute Gasteiger partial charge is 0.123 e. The Balaban J connectivity index is 2.30. The number of thiazole rings is 1. The molecular weight excluding hydrogens is 276 g/mol. The Bertz CT molecular complexity index is 589. The van der Waals surface area contributed by atoms with Crippen LogP contribution in [0.15, 0.2) is 24.3 Å². The number of rotatable bonds is 4. The lowest BCUT2D eigenvalue weighted by molar-refractivity contribution is 0.425. The van der Waals surface area contributed by atoms with Gasteiger partial charge in [-0.15, -0.1) is 11.3 Å². The summed E-state index contributed by atoms with van der Waals surface area (Å²) in [4.78, 5) is 6.25. The first-order chi connectivity index (χ1) is 9.76. The minimum absolute atomic E-state index is 0.127. The van der Waals surface area contributed by atoms with Crippen LogP contribution in [0.4, 0.5) is 0 Å². The van der Waals surface area contributed by atoms with Crippen molar-refractivity contribution in [2.75, 3.05) is 0 Å². The average Bonchev–Trinajstić information content (AvgIpc) is 2.81. The van der Waals surface area contributed by atoms with E-state index in [0.717, 1.165) is 11.6 Å². The molecule has 1 heterocycles. The maximum Gasteiger partial charge on any atom is 0.123 e. The molecule has 21 heavy (non-hydrogen) atoms. The fourth-order valence-corrected chi connectivity index (χ4v) is 3.27. The van der Waals surface area contributed by atoms with Gasteiger partial charge in [-0.3, -0.25) is 0 Å². The van der Waals surface area contributed by atoms with E-state index in [-0.39, 0.29) is 5.54 Å². The van der Waals surface area contributed by atoms with Gasteiger partial charge in [-0.05, 0) is 33.6 Å². The normalized spacial score (nSPS) is 12.1. The van der Waals surface area contributed by atoms with Crippen LogP contribution in [0.3, 0.4) is 0 Å². The maximum atomic E-state index is 4.89. The number of nitrogens with one attached hydrogen (secondary N) is 1. The monoisotopic (exact) mass is 302 g/mol. The third-order valence-corrected chi connectivity index (χ3v) is 4.47. The van der Waals surface area contributed by atoms with Crippen LogP contribution >= 0.6 is 11.3 Å². The van der Waals surface area contributed by atoms with E-state index in [4.69, 9.17) is 4.98 Å². The first-order valence-electron chi connectivity index (χ1n) is 7.58. The quantitative estimate of drug-likeness (QED) is 0.847. The molecule has 1 aromatic heterocycles. The summed E-state index contributed by atoms with van der Waals surface area (Å²) in [6.07, 6.45) is 0. The Morgan fingerprint density at radius 2 is 1.76 bits per heavy atom. The third-order valence-electron chi connectivity index (χ3n) is 3.35. The summed E-state index contributed by atoms with van der Waals surface area (Å²) in [7, 11) is 0. The fraction of sp³-hybridized carbons (Fsp3) is 0.500. The molecule has 0 aliphatic carbocycles. The van der Waals surface area contributed by atoms with Crippen LogP contribution in [0.25, 0.3) is 10.6 Å². The van der Waals surface area contributed by atoms with E-state index in [1.54, 1.807) is 0 Å². The van der Waals surface area contributed by atoms with Crippen molar-refractivity contribution < 1.29 is 0 Å². The van der Waals surface area contributed by atoms with Gasteiger partial charge in [-0.2, -0.15) is 0 Å². The van der Waals surface area contributed by atoms with E-state index in [2.05, 4.69) is 71.1 Å². The van der Waals surface area contributed by atoms with E-state index in [0.29, 0.717) is 5.92 Å². The second-order valence-electron chi connectivity index (χ2n) is 6.95. The van der Waals surface area contributed by atoms with Crippen LogP contribution in [0, 0.1) is 6.92 Å². The molecule has 3 heteroatoms. The zero-order valence-electron chi connectivity index (χ0n) is 13.9. The highest BCUT2D eigenvalue weighted by Crippen LogP contribution is 2.32. The molecule has 0 unspecified atom stereocenters. The van der Waals surface area contributed by atoms with Crippen molar-refractivity contribution in [2.45, 2.75) is 59.5 Å². The molecule has 1 aromatic carbocycles. The molecule has 0 radical (unpaired) electrons. The van der Waals surface area contributed by atoms with Crippen molar-refractivity contribution in [2.24, 2.45) is 0 Å². The van der Waals surface area contributed by atoms with Crippen LogP contribution in [-0.2, 0) is 6.54 Å². The van der Waals surface area contributed by atoms with Crippen molar-refractivity contribution in [3.8, 4) is 10.6 Å². The van der Waals surface area contributed by atoms with E-state index in [1.807, 2.05) is 11.3 Å². The molecule has 1 N–H and O–H groups in total. The molecular formula is C18H26N2S. The van der Waals surface area contributed by atoms with Gasteiger partial charge in [0.2, 0.25) is 0 Å². The highest BCUT2D eigenvalue weighted by Gasteiger charge is 2.17. The lowest BCUT2D eigenvalue weighted by Crippen LogP contribution is -2.35. The molecule has 0 atom stereocenters. The van der Waals surface area contributed by atoms with E-state index >= 15 is 0 Å². The second-order valence-corrected chi connectivity index (χ2v) is 8.04. The minimum Gasteiger partial charge on any atom is -0.307 e. The summed E-state index contributed by atoms with van der Waals surface area (Å²) in [6.45, 7) is 14.0. The number of benzene rings is 1. The zero-order chi connectivity index (χ0) is 15.6. The van der Waals surface area contributed by atoms with Gasteiger partial charge in [-0.25, -0.2) is 4.98 Å². The summed E-state index contributed by atoms with van der Waals surface area (Å²) in [5, 5.41) is 4.71. The van der Waals surface area contributed by atoms with Crippen LogP contribution in [0.2, 0.25) is 0 Å². The summed E-state index contributed by atoms with van der Waals surface area (Å²) >= 11 is 1.81. The Labute approximate surface area is 132 Å². The summed E-state index contributed by atoms with van der Waals surface area (Å²) in [5.41, 5.74) is 3.86. The van der Waals surface area contributed by atoms with Crippen molar-refractivity contribution >= 4 is 11.3 Å². The predicted octanol–water partition coefficient (Wildman–Crippen LogP) is 5.13. The van der Waals surface area contributed by atoms with Crippen LogP contribution in [0.1, 0.15) is 56.7 Å². The fourth-order valence-electron chi connectivity index (χ4n) is 2.11. The van der Waals surface area contributed by atoms with Gasteiger partial charge in [-0.1, -0.05) is 43.7 Å². The molecule has 0 aliphatic rings. The van der Waals surface area contributed by atoms with Crippen molar-refractivity contribution in [1.29, 1.82) is 0 Å². The predicted molar refractivity (Wildman–Crippen MR) is 93.0 cm³/mol. The molecule has 0 saturated heterocycles. The Kier molecular flexibility index (Phi) is 4.84. The van der Waals surface area contributed by atoms with Crippen molar-refractivity contribution in [1.82, 2.24) is 10.3 Å². The Morgan fingerprint density at radius 1 is 1.14 bits per heavy atom. The molecule has 0 saturated carbocycles. The first-order valence-corrected chi connectivity index (χ1v) is 8.39. The largest absolute Gasteiger partial charge is 0.307 e. The van der Waals surface area contributed by atoms with Crippen LogP contribution < -0.4 is 5.32 Å². The maximum absolute atomic E-state index is 4.89. The average molecular weight is 302 g/mol. The summed E-state index contributed by atoms with van der Waals surface area (Å²) in [6, 6.07) is 8.64. The summed E-state index contributed by atoms with van der Waals surface area (Å²) < 4.78 is 0. The summed E-state index contributed by atoms with van der Waals surface area (Å²) in [5.74, 6) is 0.456. The van der Waals surface area contributed by atoms with Crippen LogP contribution in [0.5, 0.6) is 0 Å². The molecule has 2 nitrogen and oxygen atoms in total. The molecule has 2 aromatic rings. The SMILES string of the molecule is Cc1ccc(-c2nc(C(C)C)c(CNC(C)(C)C)s2)cc1. The van der Waals surface area contributed by atoms with E-state index in [9.17, 15) is 0 Å². The number of nitrogens with zero attached hydrogens (tertiary/aromatic N) is 1.